The summed E-state index contributed by atoms with van der Waals surface area (Å²) in [4.78, 5) is 12.1. The van der Waals surface area contributed by atoms with E-state index in [4.69, 9.17) is 0 Å². The normalized spacial score (nSPS) is 21.6. The van der Waals surface area contributed by atoms with Crippen LogP contribution in [0, 0.1) is 0 Å². The zero-order valence-corrected chi connectivity index (χ0v) is 10.9. The van der Waals surface area contributed by atoms with Crippen LogP contribution in [-0.4, -0.2) is 42.1 Å². The number of hydrogen-bond acceptors (Lipinski definition) is 4. The van der Waals surface area contributed by atoms with Crippen molar-refractivity contribution in [1.82, 2.24) is 15.5 Å². The molecule has 1 atom stereocenters. The third-order valence-corrected chi connectivity index (χ3v) is 5.02. The summed E-state index contributed by atoms with van der Waals surface area (Å²) in [5.74, 6) is -0.181. The van der Waals surface area contributed by atoms with Crippen molar-refractivity contribution in [1.29, 1.82) is 0 Å². The summed E-state index contributed by atoms with van der Waals surface area (Å²) in [5, 5.41) is 10.2. The van der Waals surface area contributed by atoms with Crippen molar-refractivity contribution in [3.8, 4) is 0 Å². The molecule has 100 valence electrons. The molecule has 3 rings (SSSR count). The zero-order chi connectivity index (χ0) is 13.5. The monoisotopic (exact) mass is 279 g/mol. The highest BCUT2D eigenvalue weighted by molar-refractivity contribution is 7.91. The Kier molecular flexibility index (Phi) is 2.78. The molecule has 0 radical (unpaired) electrons. The van der Waals surface area contributed by atoms with Gasteiger partial charge in [0.05, 0.1) is 17.0 Å². The molecule has 2 heterocycles. The maximum Gasteiger partial charge on any atom is 0.272 e. The minimum atomic E-state index is -3.00. The number of amides is 1. The molecule has 7 heteroatoms. The molecule has 0 bridgehead atoms. The lowest BCUT2D eigenvalue weighted by Gasteiger charge is -2.09. The van der Waals surface area contributed by atoms with Crippen molar-refractivity contribution in [3.63, 3.8) is 0 Å². The lowest BCUT2D eigenvalue weighted by molar-refractivity contribution is 0.0937. The van der Waals surface area contributed by atoms with E-state index in [1.165, 1.54) is 0 Å². The second kappa shape index (κ2) is 4.34. The number of fused-ring (bicyclic) bond motifs is 1. The van der Waals surface area contributed by atoms with E-state index < -0.39 is 9.84 Å². The van der Waals surface area contributed by atoms with Crippen LogP contribution in [-0.2, 0) is 9.84 Å². The van der Waals surface area contributed by atoms with Gasteiger partial charge in [0.25, 0.3) is 5.91 Å². The highest BCUT2D eigenvalue weighted by Gasteiger charge is 2.29. The Hall–Kier alpha value is -1.89. The van der Waals surface area contributed by atoms with E-state index in [0.717, 1.165) is 10.9 Å². The fourth-order valence-corrected chi connectivity index (χ4v) is 3.97. The Labute approximate surface area is 110 Å². The first kappa shape index (κ1) is 12.2. The number of carbonyl (C=O) groups excluding carboxylic acids is 1. The maximum atomic E-state index is 12.1. The van der Waals surface area contributed by atoms with Crippen molar-refractivity contribution < 1.29 is 13.2 Å². The summed E-state index contributed by atoms with van der Waals surface area (Å²) < 4.78 is 22.7. The number of rotatable bonds is 2. The molecule has 1 aromatic heterocycles. The number of nitrogens with one attached hydrogen (secondary N) is 2. The van der Waals surface area contributed by atoms with Gasteiger partial charge < -0.3 is 5.32 Å². The third kappa shape index (κ3) is 2.33. The van der Waals surface area contributed by atoms with Gasteiger partial charge in [-0.25, -0.2) is 8.42 Å². The van der Waals surface area contributed by atoms with Gasteiger partial charge >= 0.3 is 0 Å². The molecule has 19 heavy (non-hydrogen) atoms. The summed E-state index contributed by atoms with van der Waals surface area (Å²) in [6.07, 6.45) is 0.469. The molecular formula is C12H13N3O3S. The van der Waals surface area contributed by atoms with E-state index in [9.17, 15) is 13.2 Å². The van der Waals surface area contributed by atoms with Gasteiger partial charge in [-0.3, -0.25) is 9.89 Å². The molecule has 1 aliphatic heterocycles. The highest BCUT2D eigenvalue weighted by atomic mass is 32.2. The van der Waals surface area contributed by atoms with Crippen LogP contribution >= 0.6 is 0 Å². The maximum absolute atomic E-state index is 12.1. The molecule has 0 saturated carbocycles. The summed E-state index contributed by atoms with van der Waals surface area (Å²) in [6, 6.07) is 7.01. The first-order valence-corrected chi connectivity index (χ1v) is 7.82. The number of sulfone groups is 1. The molecule has 0 unspecified atom stereocenters. The number of H-pyrrole nitrogens is 1. The van der Waals surface area contributed by atoms with Crippen LogP contribution in [0.5, 0.6) is 0 Å². The van der Waals surface area contributed by atoms with E-state index in [-0.39, 0.29) is 23.5 Å². The van der Waals surface area contributed by atoms with Gasteiger partial charge in [-0.2, -0.15) is 5.10 Å². The van der Waals surface area contributed by atoms with Crippen LogP contribution < -0.4 is 5.32 Å². The molecule has 0 spiro atoms. The molecule has 1 saturated heterocycles. The largest absolute Gasteiger partial charge is 0.347 e. The number of benzene rings is 1. The van der Waals surface area contributed by atoms with E-state index in [2.05, 4.69) is 15.5 Å². The predicted octanol–water partition coefficient (Wildman–Crippen LogP) is 0.480. The van der Waals surface area contributed by atoms with Gasteiger partial charge in [0.15, 0.2) is 15.5 Å². The summed E-state index contributed by atoms with van der Waals surface area (Å²) in [5.41, 5.74) is 1.09. The second-order valence-electron chi connectivity index (χ2n) is 4.69. The average molecular weight is 279 g/mol. The van der Waals surface area contributed by atoms with Crippen LogP contribution in [0.2, 0.25) is 0 Å². The van der Waals surface area contributed by atoms with Crippen LogP contribution in [0.25, 0.3) is 10.9 Å². The molecule has 2 aromatic rings. The van der Waals surface area contributed by atoms with Crippen molar-refractivity contribution in [2.45, 2.75) is 12.5 Å². The fraction of sp³-hybridized carbons (Fsp3) is 0.333. The van der Waals surface area contributed by atoms with Crippen molar-refractivity contribution in [2.24, 2.45) is 0 Å². The van der Waals surface area contributed by atoms with Gasteiger partial charge in [-0.15, -0.1) is 0 Å². The summed E-state index contributed by atoms with van der Waals surface area (Å²) in [6.45, 7) is 0. The molecule has 0 aliphatic carbocycles. The number of para-hydroxylation sites is 1. The van der Waals surface area contributed by atoms with Gasteiger partial charge in [0.2, 0.25) is 0 Å². The standard InChI is InChI=1S/C12H13N3O3S/c16-12(13-8-5-6-19(17,18)7-8)11-9-3-1-2-4-10(9)14-15-11/h1-4,8H,5-7H2,(H,13,16)(H,14,15)/t8-/m0/s1. The first-order valence-electron chi connectivity index (χ1n) is 5.99. The van der Waals surface area contributed by atoms with Gasteiger partial charge in [-0.05, 0) is 12.5 Å². The molecule has 1 aromatic carbocycles. The quantitative estimate of drug-likeness (QED) is 0.836. The Balaban J connectivity index is 1.81. The summed E-state index contributed by atoms with van der Waals surface area (Å²) >= 11 is 0. The minimum Gasteiger partial charge on any atom is -0.347 e. The van der Waals surface area contributed by atoms with E-state index in [0.29, 0.717) is 12.1 Å². The fourth-order valence-electron chi connectivity index (χ4n) is 2.30. The molecular weight excluding hydrogens is 266 g/mol. The topological polar surface area (TPSA) is 91.9 Å². The Morgan fingerprint density at radius 2 is 2.16 bits per heavy atom. The van der Waals surface area contributed by atoms with Crippen LogP contribution in [0.1, 0.15) is 16.9 Å². The highest BCUT2D eigenvalue weighted by Crippen LogP contribution is 2.16. The lowest BCUT2D eigenvalue weighted by atomic mass is 10.2. The Bertz CT molecular complexity index is 736. The predicted molar refractivity (Wildman–Crippen MR) is 70.6 cm³/mol. The number of carbonyl (C=O) groups is 1. The Morgan fingerprint density at radius 3 is 2.89 bits per heavy atom. The molecule has 1 aliphatic rings. The van der Waals surface area contributed by atoms with Crippen molar-refractivity contribution in [2.75, 3.05) is 11.5 Å². The SMILES string of the molecule is O=C(N[C@H]1CCS(=O)(=O)C1)c1n[nH]c2ccccc12. The van der Waals surface area contributed by atoms with Gasteiger partial charge in [0, 0.05) is 11.4 Å². The van der Waals surface area contributed by atoms with Crippen LogP contribution in [0.3, 0.4) is 0 Å². The van der Waals surface area contributed by atoms with Crippen molar-refractivity contribution >= 4 is 26.6 Å². The first-order chi connectivity index (χ1) is 9.05. The number of nitrogens with zero attached hydrogens (tertiary/aromatic N) is 1. The van der Waals surface area contributed by atoms with E-state index in [1.54, 1.807) is 6.07 Å². The smallest absolute Gasteiger partial charge is 0.272 e. The number of hydrogen-bond donors (Lipinski definition) is 2. The molecule has 2 N–H and O–H groups in total. The molecule has 1 fully saturated rings. The summed E-state index contributed by atoms with van der Waals surface area (Å²) in [7, 11) is -3.00. The number of aromatic amines is 1. The van der Waals surface area contributed by atoms with Crippen molar-refractivity contribution in [3.05, 3.63) is 30.0 Å². The minimum absolute atomic E-state index is 0.0150. The Morgan fingerprint density at radius 1 is 1.37 bits per heavy atom. The van der Waals surface area contributed by atoms with Crippen LogP contribution in [0.4, 0.5) is 0 Å². The second-order valence-corrected chi connectivity index (χ2v) is 6.92. The lowest BCUT2D eigenvalue weighted by Crippen LogP contribution is -2.35. The van der Waals surface area contributed by atoms with E-state index >= 15 is 0 Å². The molecule has 1 amide bonds. The third-order valence-electron chi connectivity index (χ3n) is 3.25. The molecule has 6 nitrogen and oxygen atoms in total. The zero-order valence-electron chi connectivity index (χ0n) is 10.1. The van der Waals surface area contributed by atoms with Gasteiger partial charge in [-0.1, -0.05) is 18.2 Å². The van der Waals surface area contributed by atoms with Crippen LogP contribution in [0.15, 0.2) is 24.3 Å². The van der Waals surface area contributed by atoms with E-state index in [1.807, 2.05) is 18.2 Å². The number of aromatic nitrogens is 2. The van der Waals surface area contributed by atoms with Gasteiger partial charge in [0.1, 0.15) is 0 Å². The average Bonchev–Trinajstić information content (AvgIpc) is 2.92.